The molecule has 1 amide bonds. The van der Waals surface area contributed by atoms with E-state index >= 15 is 0 Å². The van der Waals surface area contributed by atoms with Gasteiger partial charge in [0.25, 0.3) is 5.91 Å². The molecule has 4 heterocycles. The molecule has 1 aromatic heterocycles. The number of rotatable bonds is 2. The Balaban J connectivity index is 1.40. The van der Waals surface area contributed by atoms with Gasteiger partial charge in [-0.1, -0.05) is 0 Å². The van der Waals surface area contributed by atoms with Crippen molar-refractivity contribution in [2.24, 2.45) is 0 Å². The van der Waals surface area contributed by atoms with Crippen molar-refractivity contribution in [3.8, 4) is 0 Å². The normalized spacial score (nSPS) is 27.5. The minimum absolute atomic E-state index is 0.0196. The van der Waals surface area contributed by atoms with Crippen LogP contribution in [0, 0.1) is 0 Å². The molecule has 7 nitrogen and oxygen atoms in total. The Hall–Kier alpha value is -1.73. The van der Waals surface area contributed by atoms with Gasteiger partial charge in [0.05, 0.1) is 24.4 Å². The summed E-state index contributed by atoms with van der Waals surface area (Å²) in [4.78, 5) is 25.6. The Morgan fingerprint density at radius 1 is 0.960 bits per heavy atom. The molecule has 0 radical (unpaired) electrons. The van der Waals surface area contributed by atoms with Gasteiger partial charge in [-0.05, 0) is 32.1 Å². The number of amides is 1. The van der Waals surface area contributed by atoms with Crippen LogP contribution >= 0.6 is 0 Å². The largest absolute Gasteiger partial charge is 0.378 e. The van der Waals surface area contributed by atoms with E-state index in [0.717, 1.165) is 64.9 Å². The summed E-state index contributed by atoms with van der Waals surface area (Å²) in [7, 11) is 0. The summed E-state index contributed by atoms with van der Waals surface area (Å²) in [6.45, 7) is 5.39. The maximum atomic E-state index is 12.8. The average molecular weight is 346 g/mol. The first kappa shape index (κ1) is 16.7. The lowest BCUT2D eigenvalue weighted by Gasteiger charge is -2.27. The van der Waals surface area contributed by atoms with Gasteiger partial charge in [-0.15, -0.1) is 0 Å². The van der Waals surface area contributed by atoms with Crippen LogP contribution in [0.4, 0.5) is 5.95 Å². The highest BCUT2D eigenvalue weighted by atomic mass is 16.5. The number of nitrogens with zero attached hydrogens (tertiary/aromatic N) is 4. The molecule has 4 rings (SSSR count). The standard InChI is InChI=1S/C18H26N4O3/c23-16(21-6-1-3-18(5-7-21)4-2-10-25-18)15-13-19-17(20-14-15)22-8-11-24-12-9-22/h13-14H,1-12H2/t18-/m0/s1. The summed E-state index contributed by atoms with van der Waals surface area (Å²) in [5.74, 6) is 0.706. The molecule has 0 aromatic carbocycles. The first-order valence-corrected chi connectivity index (χ1v) is 9.34. The first-order valence-electron chi connectivity index (χ1n) is 9.34. The van der Waals surface area contributed by atoms with Gasteiger partial charge >= 0.3 is 0 Å². The topological polar surface area (TPSA) is 67.8 Å². The van der Waals surface area contributed by atoms with Crippen LogP contribution in [-0.2, 0) is 9.47 Å². The molecule has 3 fully saturated rings. The molecule has 7 heteroatoms. The summed E-state index contributed by atoms with van der Waals surface area (Å²) < 4.78 is 11.3. The molecule has 3 aliphatic heterocycles. The van der Waals surface area contributed by atoms with Crippen molar-refractivity contribution in [3.63, 3.8) is 0 Å². The molecule has 0 saturated carbocycles. The summed E-state index contributed by atoms with van der Waals surface area (Å²) in [5, 5.41) is 0. The molecule has 0 aliphatic carbocycles. The lowest BCUT2D eigenvalue weighted by atomic mass is 9.92. The van der Waals surface area contributed by atoms with Gasteiger partial charge in [0.15, 0.2) is 0 Å². The van der Waals surface area contributed by atoms with E-state index in [4.69, 9.17) is 9.47 Å². The molecule has 3 saturated heterocycles. The maximum absolute atomic E-state index is 12.8. The zero-order chi connectivity index (χ0) is 17.1. The summed E-state index contributed by atoms with van der Waals surface area (Å²) in [5.41, 5.74) is 0.589. The zero-order valence-corrected chi connectivity index (χ0v) is 14.7. The van der Waals surface area contributed by atoms with Crippen LogP contribution in [-0.4, -0.2) is 72.4 Å². The van der Waals surface area contributed by atoms with Crippen LogP contribution in [0.15, 0.2) is 12.4 Å². The number of anilines is 1. The van der Waals surface area contributed by atoms with Crippen molar-refractivity contribution in [3.05, 3.63) is 18.0 Å². The van der Waals surface area contributed by atoms with Crippen molar-refractivity contribution in [2.45, 2.75) is 37.7 Å². The molecule has 25 heavy (non-hydrogen) atoms. The Bertz CT molecular complexity index is 595. The molecule has 0 bridgehead atoms. The third-order valence-corrected chi connectivity index (χ3v) is 5.55. The third-order valence-electron chi connectivity index (χ3n) is 5.55. The molecule has 1 spiro atoms. The minimum atomic E-state index is 0.0196. The van der Waals surface area contributed by atoms with Crippen molar-refractivity contribution in [1.29, 1.82) is 0 Å². The fourth-order valence-corrected chi connectivity index (χ4v) is 4.06. The van der Waals surface area contributed by atoms with Gasteiger partial charge in [0.2, 0.25) is 5.95 Å². The van der Waals surface area contributed by atoms with Crippen LogP contribution < -0.4 is 4.90 Å². The van der Waals surface area contributed by atoms with E-state index in [2.05, 4.69) is 14.9 Å². The van der Waals surface area contributed by atoms with Crippen LogP contribution in [0.2, 0.25) is 0 Å². The molecular weight excluding hydrogens is 320 g/mol. The highest BCUT2D eigenvalue weighted by molar-refractivity contribution is 5.93. The second-order valence-corrected chi connectivity index (χ2v) is 7.15. The fraction of sp³-hybridized carbons (Fsp3) is 0.722. The highest BCUT2D eigenvalue weighted by Crippen LogP contribution is 2.35. The van der Waals surface area contributed by atoms with Crippen molar-refractivity contribution >= 4 is 11.9 Å². The number of morpholine rings is 1. The number of carbonyl (C=O) groups is 1. The Morgan fingerprint density at radius 3 is 2.44 bits per heavy atom. The number of ether oxygens (including phenoxy) is 2. The maximum Gasteiger partial charge on any atom is 0.256 e. The van der Waals surface area contributed by atoms with Crippen LogP contribution in [0.25, 0.3) is 0 Å². The van der Waals surface area contributed by atoms with Crippen molar-refractivity contribution in [2.75, 3.05) is 50.9 Å². The Kier molecular flexibility index (Phi) is 4.85. The highest BCUT2D eigenvalue weighted by Gasteiger charge is 2.37. The second kappa shape index (κ2) is 7.25. The molecule has 1 atom stereocenters. The number of likely N-dealkylation sites (tertiary alicyclic amines) is 1. The van der Waals surface area contributed by atoms with Crippen LogP contribution in [0.3, 0.4) is 0 Å². The van der Waals surface area contributed by atoms with E-state index in [1.165, 1.54) is 0 Å². The average Bonchev–Trinajstić information content (AvgIpc) is 3.03. The predicted octanol–water partition coefficient (Wildman–Crippen LogP) is 1.49. The van der Waals surface area contributed by atoms with Gasteiger partial charge in [-0.2, -0.15) is 0 Å². The number of aromatic nitrogens is 2. The lowest BCUT2D eigenvalue weighted by Crippen LogP contribution is -2.37. The number of carbonyl (C=O) groups excluding carboxylic acids is 1. The van der Waals surface area contributed by atoms with Crippen LogP contribution in [0.1, 0.15) is 42.5 Å². The first-order chi connectivity index (χ1) is 12.3. The van der Waals surface area contributed by atoms with Gasteiger partial charge in [-0.3, -0.25) is 4.79 Å². The molecule has 0 unspecified atom stereocenters. The number of hydrogen-bond acceptors (Lipinski definition) is 6. The van der Waals surface area contributed by atoms with E-state index in [-0.39, 0.29) is 11.5 Å². The minimum Gasteiger partial charge on any atom is -0.378 e. The van der Waals surface area contributed by atoms with Gasteiger partial charge in [0, 0.05) is 45.2 Å². The van der Waals surface area contributed by atoms with Crippen molar-refractivity contribution in [1.82, 2.24) is 14.9 Å². The Morgan fingerprint density at radius 2 is 1.72 bits per heavy atom. The molecule has 1 aromatic rings. The summed E-state index contributed by atoms with van der Waals surface area (Å²) in [6.07, 6.45) is 8.59. The lowest BCUT2D eigenvalue weighted by molar-refractivity contribution is -0.00691. The summed E-state index contributed by atoms with van der Waals surface area (Å²) in [6, 6.07) is 0. The van der Waals surface area contributed by atoms with E-state index in [1.807, 2.05) is 4.90 Å². The number of hydrogen-bond donors (Lipinski definition) is 0. The van der Waals surface area contributed by atoms with E-state index < -0.39 is 0 Å². The summed E-state index contributed by atoms with van der Waals surface area (Å²) >= 11 is 0. The monoisotopic (exact) mass is 346 g/mol. The fourth-order valence-electron chi connectivity index (χ4n) is 4.06. The Labute approximate surface area is 148 Å². The van der Waals surface area contributed by atoms with Gasteiger partial charge < -0.3 is 19.3 Å². The SMILES string of the molecule is O=C(c1cnc(N2CCOCC2)nc1)N1CCC[C@]2(CCCO2)CC1. The van der Waals surface area contributed by atoms with Gasteiger partial charge in [-0.25, -0.2) is 9.97 Å². The van der Waals surface area contributed by atoms with E-state index in [1.54, 1.807) is 12.4 Å². The molecule has 136 valence electrons. The molecule has 0 N–H and O–H groups in total. The van der Waals surface area contributed by atoms with Gasteiger partial charge in [0.1, 0.15) is 0 Å². The quantitative estimate of drug-likeness (QED) is 0.808. The van der Waals surface area contributed by atoms with E-state index in [0.29, 0.717) is 24.7 Å². The third kappa shape index (κ3) is 3.62. The van der Waals surface area contributed by atoms with Crippen molar-refractivity contribution < 1.29 is 14.3 Å². The van der Waals surface area contributed by atoms with E-state index in [9.17, 15) is 4.79 Å². The smallest absolute Gasteiger partial charge is 0.256 e. The molecular formula is C18H26N4O3. The second-order valence-electron chi connectivity index (χ2n) is 7.15. The van der Waals surface area contributed by atoms with Crippen LogP contribution in [0.5, 0.6) is 0 Å². The zero-order valence-electron chi connectivity index (χ0n) is 14.7. The molecule has 3 aliphatic rings. The predicted molar refractivity (Wildman–Crippen MR) is 92.7 cm³/mol.